The van der Waals surface area contributed by atoms with Gasteiger partial charge < -0.3 is 0 Å². The minimum absolute atomic E-state index is 0.248. The molecule has 0 aliphatic carbocycles. The maximum atomic E-state index is 14.4. The van der Waals surface area contributed by atoms with Gasteiger partial charge in [-0.05, 0) is 0 Å². The van der Waals surface area contributed by atoms with E-state index in [1.807, 2.05) is 32.0 Å². The van der Waals surface area contributed by atoms with Crippen molar-refractivity contribution in [2.24, 2.45) is 0 Å². The number of hydrogen-bond acceptors (Lipinski definition) is 5. The Morgan fingerprint density at radius 2 is 1.44 bits per heavy atom. The van der Waals surface area contributed by atoms with Crippen LogP contribution in [0.5, 0.6) is 11.5 Å². The number of rotatable bonds is 16. The van der Waals surface area contributed by atoms with Crippen LogP contribution in [-0.2, 0) is 13.6 Å². The van der Waals surface area contributed by atoms with Gasteiger partial charge in [-0.1, -0.05) is 0 Å². The summed E-state index contributed by atoms with van der Waals surface area (Å²) >= 11 is -3.11. The van der Waals surface area contributed by atoms with Gasteiger partial charge in [0.05, 0.1) is 0 Å². The van der Waals surface area contributed by atoms with Crippen molar-refractivity contribution in [2.45, 2.75) is 86.5 Å². The fourth-order valence-electron chi connectivity index (χ4n) is 4.50. The second-order valence-corrected chi connectivity index (χ2v) is 24.9. The van der Waals surface area contributed by atoms with Crippen molar-refractivity contribution in [3.05, 3.63) is 27.1 Å². The van der Waals surface area contributed by atoms with E-state index in [-0.39, 0.29) is 6.79 Å². The average Bonchev–Trinajstić information content (AvgIpc) is 3.26. The molecule has 0 saturated heterocycles. The van der Waals surface area contributed by atoms with E-state index < -0.39 is 26.0 Å². The molecule has 0 bridgehead atoms. The van der Waals surface area contributed by atoms with Gasteiger partial charge in [0.25, 0.3) is 0 Å². The Morgan fingerprint density at radius 3 is 1.94 bits per heavy atom. The molecule has 1 heterocycles. The first-order valence-corrected chi connectivity index (χ1v) is 21.5. The summed E-state index contributed by atoms with van der Waals surface area (Å²) in [5, 5.41) is 0. The summed E-state index contributed by atoms with van der Waals surface area (Å²) in [6.45, 7) is 11.6. The van der Waals surface area contributed by atoms with Gasteiger partial charge in [0, 0.05) is 0 Å². The van der Waals surface area contributed by atoms with Crippen molar-refractivity contribution >= 4 is 32.0 Å². The molecule has 1 aromatic carbocycles. The normalized spacial score (nSPS) is 14.2. The first kappa shape index (κ1) is 27.8. The van der Waals surface area contributed by atoms with Gasteiger partial charge in [0.15, 0.2) is 0 Å². The third-order valence-electron chi connectivity index (χ3n) is 6.16. The average molecular weight is 573 g/mol. The number of fused-ring (bicyclic) bond motifs is 1. The zero-order valence-electron chi connectivity index (χ0n) is 20.8. The predicted octanol–water partition coefficient (Wildman–Crippen LogP) is 8.41. The van der Waals surface area contributed by atoms with E-state index in [1.165, 1.54) is 32.6 Å². The second kappa shape index (κ2) is 14.0. The quantitative estimate of drug-likeness (QED) is 0.147. The van der Waals surface area contributed by atoms with E-state index in [2.05, 4.69) is 26.8 Å². The molecule has 1 aliphatic heterocycles. The summed E-state index contributed by atoms with van der Waals surface area (Å²) in [5.74, 6) is 1.51. The number of unbranched alkanes of at least 4 members (excludes halogenated alkanes) is 3. The molecule has 0 atom stereocenters. The fourth-order valence-corrected chi connectivity index (χ4v) is 29.3. The molecular formula is C25H43O5PSn. The van der Waals surface area contributed by atoms with Crippen molar-refractivity contribution in [3.8, 4) is 11.5 Å². The van der Waals surface area contributed by atoms with E-state index in [4.69, 9.17) is 18.5 Å². The van der Waals surface area contributed by atoms with Crippen LogP contribution in [0.1, 0.15) is 78.7 Å². The molecule has 0 fully saturated rings. The number of hydrogen-bond donors (Lipinski definition) is 0. The van der Waals surface area contributed by atoms with Crippen molar-refractivity contribution in [1.82, 2.24) is 0 Å². The van der Waals surface area contributed by atoms with Crippen molar-refractivity contribution in [2.75, 3.05) is 20.0 Å². The van der Waals surface area contributed by atoms with Crippen molar-refractivity contribution in [1.29, 1.82) is 0 Å². The Bertz CT molecular complexity index is 748. The molecule has 0 amide bonds. The van der Waals surface area contributed by atoms with Crippen LogP contribution in [0, 0.1) is 0 Å². The minimum atomic E-state index is -3.37. The zero-order chi connectivity index (χ0) is 23.5. The van der Waals surface area contributed by atoms with Gasteiger partial charge in [-0.15, -0.1) is 0 Å². The Hall–Kier alpha value is -0.491. The third-order valence-corrected chi connectivity index (χ3v) is 28.3. The summed E-state index contributed by atoms with van der Waals surface area (Å²) in [6.07, 6.45) is 9.16. The van der Waals surface area contributed by atoms with Crippen molar-refractivity contribution in [3.63, 3.8) is 0 Å². The second-order valence-electron chi connectivity index (χ2n) is 8.57. The summed E-state index contributed by atoms with van der Waals surface area (Å²) in [4.78, 5) is 0. The first-order valence-electron chi connectivity index (χ1n) is 12.5. The van der Waals surface area contributed by atoms with Crippen LogP contribution in [0.2, 0.25) is 13.3 Å². The van der Waals surface area contributed by atoms with Gasteiger partial charge in [-0.25, -0.2) is 0 Å². The van der Waals surface area contributed by atoms with Crippen LogP contribution in [0.4, 0.5) is 0 Å². The summed E-state index contributed by atoms with van der Waals surface area (Å²) in [5.41, 5.74) is 0.995. The molecule has 0 radical (unpaired) electrons. The molecular weight excluding hydrogens is 530 g/mol. The SMILES string of the molecule is CCC[CH2][Sn]([CH2]CCC)([CH2]CCC)/[C](=C\c1ccc2c(c1)OCO2)P(=O)(OCC)OCC. The number of benzene rings is 1. The zero-order valence-corrected chi connectivity index (χ0v) is 24.5. The topological polar surface area (TPSA) is 54.0 Å². The molecule has 0 N–H and O–H groups in total. The Morgan fingerprint density at radius 1 is 0.906 bits per heavy atom. The van der Waals surface area contributed by atoms with Gasteiger partial charge in [-0.2, -0.15) is 0 Å². The standard InChI is InChI=1S/C13H16O5P.3C4H9.Sn/c1-3-17-19(14,18-4-2)8-7-11-5-6-12-13(9-11)16-10-15-12;3*1-3-4-2;/h5-7,9H,3-4,10H2,1-2H3;3*1,3-4H2,2H3;. The summed E-state index contributed by atoms with van der Waals surface area (Å²) in [7, 11) is -3.37. The molecule has 1 aliphatic rings. The van der Waals surface area contributed by atoms with Crippen LogP contribution in [0.25, 0.3) is 6.08 Å². The van der Waals surface area contributed by atoms with Crippen molar-refractivity contribution < 1.29 is 23.1 Å². The monoisotopic (exact) mass is 574 g/mol. The molecule has 0 saturated carbocycles. The molecule has 1 aromatic rings. The Labute approximate surface area is 199 Å². The van der Waals surface area contributed by atoms with Crippen LogP contribution >= 0.6 is 7.60 Å². The molecule has 32 heavy (non-hydrogen) atoms. The molecule has 2 rings (SSSR count). The molecule has 182 valence electrons. The molecule has 0 aromatic heterocycles. The van der Waals surface area contributed by atoms with Crippen LogP contribution < -0.4 is 9.47 Å². The van der Waals surface area contributed by atoms with Gasteiger partial charge in [0.1, 0.15) is 0 Å². The van der Waals surface area contributed by atoms with Crippen LogP contribution in [0.15, 0.2) is 21.5 Å². The van der Waals surface area contributed by atoms with Crippen LogP contribution in [-0.4, -0.2) is 38.4 Å². The van der Waals surface area contributed by atoms with Gasteiger partial charge in [-0.3, -0.25) is 0 Å². The maximum absolute atomic E-state index is 14.4. The van der Waals surface area contributed by atoms with E-state index in [0.29, 0.717) is 13.2 Å². The van der Waals surface area contributed by atoms with E-state index in [1.54, 1.807) is 0 Å². The predicted molar refractivity (Wildman–Crippen MR) is 136 cm³/mol. The Balaban J connectivity index is 2.68. The van der Waals surface area contributed by atoms with Gasteiger partial charge >= 0.3 is 200 Å². The summed E-state index contributed by atoms with van der Waals surface area (Å²) in [6, 6.07) is 5.98. The molecule has 0 spiro atoms. The summed E-state index contributed by atoms with van der Waals surface area (Å²) < 4.78 is 42.1. The first-order chi connectivity index (χ1) is 15.5. The molecule has 7 heteroatoms. The fraction of sp³-hybridized carbons (Fsp3) is 0.680. The molecule has 5 nitrogen and oxygen atoms in total. The van der Waals surface area contributed by atoms with Crippen LogP contribution in [0.3, 0.4) is 0 Å². The Kier molecular flexibility index (Phi) is 12.2. The number of ether oxygens (including phenoxy) is 2. The van der Waals surface area contributed by atoms with Gasteiger partial charge in [0.2, 0.25) is 0 Å². The van der Waals surface area contributed by atoms with E-state index >= 15 is 0 Å². The van der Waals surface area contributed by atoms with E-state index in [9.17, 15) is 4.57 Å². The van der Waals surface area contributed by atoms with E-state index in [0.717, 1.165) is 39.7 Å². The molecule has 0 unspecified atom stereocenters. The third kappa shape index (κ3) is 7.25.